The zero-order valence-electron chi connectivity index (χ0n) is 11.3. The first-order valence-electron chi connectivity index (χ1n) is 7.04. The Hall–Kier alpha value is -1.72. The smallest absolute Gasteiger partial charge is 0.255 e. The third kappa shape index (κ3) is 2.13. The molecule has 0 radical (unpaired) electrons. The predicted octanol–water partition coefficient (Wildman–Crippen LogP) is 1.92. The lowest BCUT2D eigenvalue weighted by atomic mass is 9.64. The quantitative estimate of drug-likeness (QED) is 0.869. The minimum absolute atomic E-state index is 0.147. The van der Waals surface area contributed by atoms with Gasteiger partial charge in [0.2, 0.25) is 0 Å². The first kappa shape index (κ1) is 13.3. The van der Waals surface area contributed by atoms with Crippen LogP contribution in [-0.4, -0.2) is 21.8 Å². The van der Waals surface area contributed by atoms with Gasteiger partial charge in [0.15, 0.2) is 5.82 Å². The van der Waals surface area contributed by atoms with Crippen LogP contribution in [0.15, 0.2) is 34.9 Å². The Bertz CT molecular complexity index is 564. The van der Waals surface area contributed by atoms with Gasteiger partial charge in [-0.3, -0.25) is 0 Å². The second kappa shape index (κ2) is 5.34. The molecule has 0 amide bonds. The summed E-state index contributed by atoms with van der Waals surface area (Å²) >= 11 is 0. The number of aliphatic hydroxyl groups excluding tert-OH is 1. The first-order valence-corrected chi connectivity index (χ1v) is 7.04. The van der Waals surface area contributed by atoms with Gasteiger partial charge in [-0.15, -0.1) is 0 Å². The van der Waals surface area contributed by atoms with Gasteiger partial charge in [-0.25, -0.2) is 0 Å². The summed E-state index contributed by atoms with van der Waals surface area (Å²) in [5.74, 6) is 0.952. The van der Waals surface area contributed by atoms with Crippen LogP contribution in [0.4, 0.5) is 0 Å². The second-order valence-electron chi connectivity index (χ2n) is 5.35. The van der Waals surface area contributed by atoms with Crippen LogP contribution in [0.2, 0.25) is 0 Å². The van der Waals surface area contributed by atoms with Crippen LogP contribution in [0.1, 0.15) is 49.1 Å². The number of hydrogen-bond acceptors (Lipinski definition) is 5. The summed E-state index contributed by atoms with van der Waals surface area (Å²) in [6, 6.07) is 10.3. The fraction of sp³-hybridized carbons (Fsp3) is 0.467. The van der Waals surface area contributed by atoms with Gasteiger partial charge in [0.25, 0.3) is 5.89 Å². The number of benzene rings is 1. The highest BCUT2D eigenvalue weighted by Crippen LogP contribution is 2.47. The highest BCUT2D eigenvalue weighted by atomic mass is 16.5. The molecule has 1 aliphatic rings. The molecule has 1 aliphatic carbocycles. The molecule has 3 rings (SSSR count). The molecule has 0 saturated heterocycles. The lowest BCUT2D eigenvalue weighted by Crippen LogP contribution is -2.36. The molecule has 1 aromatic heterocycles. The SMILES string of the molecule is NCC[C@H](O)c1nc(C2(c3ccccc3)CCC2)no1. The molecule has 106 valence electrons. The minimum atomic E-state index is -0.769. The molecule has 1 atom stereocenters. The van der Waals surface area contributed by atoms with Crippen LogP contribution in [-0.2, 0) is 5.41 Å². The number of rotatable bonds is 5. The van der Waals surface area contributed by atoms with E-state index in [0.29, 0.717) is 18.8 Å². The predicted molar refractivity (Wildman–Crippen MR) is 74.0 cm³/mol. The van der Waals surface area contributed by atoms with Crippen molar-refractivity contribution in [3.05, 3.63) is 47.6 Å². The summed E-state index contributed by atoms with van der Waals surface area (Å²) in [5.41, 5.74) is 6.51. The summed E-state index contributed by atoms with van der Waals surface area (Å²) in [6.45, 7) is 0.392. The van der Waals surface area contributed by atoms with Crippen molar-refractivity contribution < 1.29 is 9.63 Å². The zero-order valence-corrected chi connectivity index (χ0v) is 11.3. The van der Waals surface area contributed by atoms with Crippen molar-refractivity contribution in [1.29, 1.82) is 0 Å². The topological polar surface area (TPSA) is 85.2 Å². The maximum atomic E-state index is 9.88. The van der Waals surface area contributed by atoms with Gasteiger partial charge in [0.05, 0.1) is 5.41 Å². The lowest BCUT2D eigenvalue weighted by molar-refractivity contribution is 0.127. The van der Waals surface area contributed by atoms with E-state index in [9.17, 15) is 5.11 Å². The average molecular weight is 273 g/mol. The van der Waals surface area contributed by atoms with E-state index >= 15 is 0 Å². The van der Waals surface area contributed by atoms with Gasteiger partial charge in [-0.1, -0.05) is 41.9 Å². The van der Waals surface area contributed by atoms with Crippen LogP contribution in [0.3, 0.4) is 0 Å². The fourth-order valence-corrected chi connectivity index (χ4v) is 2.78. The Morgan fingerprint density at radius 1 is 1.30 bits per heavy atom. The monoisotopic (exact) mass is 273 g/mol. The van der Waals surface area contributed by atoms with Crippen molar-refractivity contribution in [2.45, 2.75) is 37.2 Å². The van der Waals surface area contributed by atoms with Crippen LogP contribution in [0.25, 0.3) is 0 Å². The van der Waals surface area contributed by atoms with Crippen LogP contribution in [0.5, 0.6) is 0 Å². The van der Waals surface area contributed by atoms with E-state index < -0.39 is 6.10 Å². The molecule has 0 aliphatic heterocycles. The Morgan fingerprint density at radius 3 is 2.65 bits per heavy atom. The van der Waals surface area contributed by atoms with Gasteiger partial charge in [0, 0.05) is 0 Å². The van der Waals surface area contributed by atoms with E-state index in [1.807, 2.05) is 18.2 Å². The fourth-order valence-electron chi connectivity index (χ4n) is 2.78. The van der Waals surface area contributed by atoms with Gasteiger partial charge in [-0.2, -0.15) is 4.98 Å². The number of hydrogen-bond donors (Lipinski definition) is 2. The van der Waals surface area contributed by atoms with Crippen molar-refractivity contribution >= 4 is 0 Å². The Balaban J connectivity index is 1.91. The van der Waals surface area contributed by atoms with Crippen molar-refractivity contribution in [3.8, 4) is 0 Å². The van der Waals surface area contributed by atoms with Gasteiger partial charge >= 0.3 is 0 Å². The minimum Gasteiger partial charge on any atom is -0.383 e. The number of nitrogens with two attached hydrogens (primary N) is 1. The first-order chi connectivity index (χ1) is 9.76. The standard InChI is InChI=1S/C15H19N3O2/c16-10-7-12(19)13-17-14(18-20-13)15(8-4-9-15)11-5-2-1-3-6-11/h1-3,5-6,12,19H,4,7-10,16H2/t12-/m0/s1. The molecule has 1 heterocycles. The van der Waals surface area contributed by atoms with E-state index in [2.05, 4.69) is 22.3 Å². The zero-order chi connectivity index (χ0) is 14.0. The normalized spacial score (nSPS) is 18.5. The van der Waals surface area contributed by atoms with Crippen LogP contribution < -0.4 is 5.73 Å². The molecule has 0 spiro atoms. The molecule has 5 heteroatoms. The van der Waals surface area contributed by atoms with E-state index in [1.54, 1.807) is 0 Å². The van der Waals surface area contributed by atoms with E-state index in [-0.39, 0.29) is 11.3 Å². The van der Waals surface area contributed by atoms with E-state index in [0.717, 1.165) is 19.3 Å². The number of aromatic nitrogens is 2. The second-order valence-corrected chi connectivity index (χ2v) is 5.35. The molecule has 0 unspecified atom stereocenters. The molecule has 5 nitrogen and oxygen atoms in total. The molecule has 1 saturated carbocycles. The molecule has 2 aromatic rings. The van der Waals surface area contributed by atoms with E-state index in [1.165, 1.54) is 5.56 Å². The average Bonchev–Trinajstić information content (AvgIpc) is 2.89. The van der Waals surface area contributed by atoms with Gasteiger partial charge in [-0.05, 0) is 31.4 Å². The Morgan fingerprint density at radius 2 is 2.05 bits per heavy atom. The Labute approximate surface area is 117 Å². The van der Waals surface area contributed by atoms with Crippen LogP contribution in [0, 0.1) is 0 Å². The van der Waals surface area contributed by atoms with Gasteiger partial charge in [0.1, 0.15) is 6.10 Å². The molecule has 1 fully saturated rings. The van der Waals surface area contributed by atoms with Gasteiger partial charge < -0.3 is 15.4 Å². The van der Waals surface area contributed by atoms with E-state index in [4.69, 9.17) is 10.3 Å². The number of aliphatic hydroxyl groups is 1. The summed E-state index contributed by atoms with van der Waals surface area (Å²) in [7, 11) is 0. The number of nitrogens with zero attached hydrogens (tertiary/aromatic N) is 2. The molecular formula is C15H19N3O2. The molecule has 20 heavy (non-hydrogen) atoms. The van der Waals surface area contributed by atoms with Crippen molar-refractivity contribution in [2.24, 2.45) is 5.73 Å². The third-order valence-corrected chi connectivity index (χ3v) is 4.13. The third-order valence-electron chi connectivity index (χ3n) is 4.13. The summed E-state index contributed by atoms with van der Waals surface area (Å²) in [5, 5.41) is 14.0. The Kier molecular flexibility index (Phi) is 3.54. The molecule has 0 bridgehead atoms. The highest BCUT2D eigenvalue weighted by Gasteiger charge is 2.44. The largest absolute Gasteiger partial charge is 0.383 e. The maximum Gasteiger partial charge on any atom is 0.255 e. The van der Waals surface area contributed by atoms with Crippen molar-refractivity contribution in [2.75, 3.05) is 6.54 Å². The van der Waals surface area contributed by atoms with Crippen molar-refractivity contribution in [1.82, 2.24) is 10.1 Å². The lowest BCUT2D eigenvalue weighted by Gasteiger charge is -2.39. The molecular weight excluding hydrogens is 254 g/mol. The molecule has 1 aromatic carbocycles. The van der Waals surface area contributed by atoms with Crippen LogP contribution >= 0.6 is 0 Å². The molecule has 3 N–H and O–H groups in total. The summed E-state index contributed by atoms with van der Waals surface area (Å²) in [4.78, 5) is 4.42. The maximum absolute atomic E-state index is 9.88. The highest BCUT2D eigenvalue weighted by molar-refractivity contribution is 5.35. The summed E-state index contributed by atoms with van der Waals surface area (Å²) < 4.78 is 5.22. The summed E-state index contributed by atoms with van der Waals surface area (Å²) in [6.07, 6.45) is 2.85. The van der Waals surface area contributed by atoms with Crippen molar-refractivity contribution in [3.63, 3.8) is 0 Å².